The summed E-state index contributed by atoms with van der Waals surface area (Å²) in [7, 11) is 1.32. The van der Waals surface area contributed by atoms with Gasteiger partial charge in [-0.3, -0.25) is 0 Å². The number of ether oxygens (including phenoxy) is 4. The fraction of sp³-hybridized carbons (Fsp3) is 0.304. The van der Waals surface area contributed by atoms with E-state index in [-0.39, 0.29) is 28.0 Å². The molecule has 0 aromatic heterocycles. The Hall–Kier alpha value is -3.36. The Kier molecular flexibility index (Phi) is 11.5. The number of esters is 2. The number of carbonyl (C=O) groups excluding carboxylic acids is 2. The molecular weight excluding hydrogens is 468 g/mol. The fourth-order valence-corrected chi connectivity index (χ4v) is 3.09. The zero-order valence-electron chi connectivity index (χ0n) is 18.6. The molecule has 1 fully saturated rings. The molecule has 0 aliphatic carbocycles. The van der Waals surface area contributed by atoms with Crippen LogP contribution in [0.2, 0.25) is 0 Å². The molecule has 0 amide bonds. The standard InChI is InChI=1S/C23H24O10.2H2O/c1-30-16-11-14(22(29)33-23-21(28)20(27)19(26)17(12-24)32-23)8-9-15(16)31-18(25)10-7-13-5-3-2-4-6-13;;/h2-11,17,19-21,23-24,26-28H,12H2,1H3;2*1H2/b10-7+;;/t17-,19-,20+,21-,23+;;/m1../s1. The monoisotopic (exact) mass is 496 g/mol. The summed E-state index contributed by atoms with van der Waals surface area (Å²) in [6, 6.07) is 13.0. The number of methoxy groups -OCH3 is 1. The van der Waals surface area contributed by atoms with Crippen LogP contribution >= 0.6 is 0 Å². The van der Waals surface area contributed by atoms with Gasteiger partial charge in [-0.2, -0.15) is 0 Å². The maximum absolute atomic E-state index is 12.5. The summed E-state index contributed by atoms with van der Waals surface area (Å²) >= 11 is 0. The Balaban J connectivity index is 0.00000306. The highest BCUT2D eigenvalue weighted by molar-refractivity contribution is 5.91. The molecule has 0 bridgehead atoms. The van der Waals surface area contributed by atoms with E-state index < -0.39 is 49.3 Å². The molecule has 1 aliphatic rings. The molecule has 8 N–H and O–H groups in total. The van der Waals surface area contributed by atoms with Gasteiger partial charge >= 0.3 is 11.9 Å². The number of hydrogen-bond acceptors (Lipinski definition) is 10. The predicted octanol–water partition coefficient (Wildman–Crippen LogP) is -1.38. The molecule has 1 aliphatic heterocycles. The Morgan fingerprint density at radius 3 is 2.29 bits per heavy atom. The van der Waals surface area contributed by atoms with Gasteiger partial charge in [-0.25, -0.2) is 9.59 Å². The van der Waals surface area contributed by atoms with E-state index in [0.29, 0.717) is 0 Å². The van der Waals surface area contributed by atoms with Crippen LogP contribution in [0.15, 0.2) is 54.6 Å². The van der Waals surface area contributed by atoms with E-state index in [1.54, 1.807) is 6.08 Å². The average Bonchev–Trinajstić information content (AvgIpc) is 2.83. The molecule has 12 heteroatoms. The van der Waals surface area contributed by atoms with Crippen molar-refractivity contribution in [1.82, 2.24) is 0 Å². The molecule has 1 saturated heterocycles. The van der Waals surface area contributed by atoms with Crippen molar-refractivity contribution in [2.75, 3.05) is 13.7 Å². The molecule has 0 spiro atoms. The lowest BCUT2D eigenvalue weighted by atomic mass is 9.99. The zero-order chi connectivity index (χ0) is 24.0. The number of aliphatic hydroxyl groups is 4. The first kappa shape index (κ1) is 29.7. The lowest BCUT2D eigenvalue weighted by molar-refractivity contribution is -0.285. The third-order valence-corrected chi connectivity index (χ3v) is 4.89. The van der Waals surface area contributed by atoms with Gasteiger partial charge in [-0.15, -0.1) is 0 Å². The molecule has 35 heavy (non-hydrogen) atoms. The normalized spacial score (nSPS) is 23.5. The van der Waals surface area contributed by atoms with Crippen molar-refractivity contribution >= 4 is 18.0 Å². The summed E-state index contributed by atoms with van der Waals surface area (Å²) in [4.78, 5) is 24.6. The van der Waals surface area contributed by atoms with Crippen molar-refractivity contribution in [3.8, 4) is 11.5 Å². The number of benzene rings is 2. The highest BCUT2D eigenvalue weighted by Crippen LogP contribution is 2.29. The van der Waals surface area contributed by atoms with E-state index in [2.05, 4.69) is 0 Å². The lowest BCUT2D eigenvalue weighted by Gasteiger charge is -2.39. The van der Waals surface area contributed by atoms with Crippen LogP contribution in [0.4, 0.5) is 0 Å². The quantitative estimate of drug-likeness (QED) is 0.200. The van der Waals surface area contributed by atoms with Crippen molar-refractivity contribution in [2.24, 2.45) is 0 Å². The summed E-state index contributed by atoms with van der Waals surface area (Å²) in [6.45, 7) is -0.661. The second-order valence-corrected chi connectivity index (χ2v) is 7.13. The molecule has 12 nitrogen and oxygen atoms in total. The van der Waals surface area contributed by atoms with Crippen LogP contribution in [0.1, 0.15) is 15.9 Å². The van der Waals surface area contributed by atoms with E-state index in [4.69, 9.17) is 18.9 Å². The van der Waals surface area contributed by atoms with Crippen molar-refractivity contribution in [3.05, 3.63) is 65.7 Å². The van der Waals surface area contributed by atoms with Gasteiger partial charge in [0.15, 0.2) is 11.5 Å². The third-order valence-electron chi connectivity index (χ3n) is 4.89. The van der Waals surface area contributed by atoms with Gasteiger partial charge in [0, 0.05) is 6.08 Å². The highest BCUT2D eigenvalue weighted by Gasteiger charge is 2.45. The second-order valence-electron chi connectivity index (χ2n) is 7.13. The first-order valence-corrected chi connectivity index (χ1v) is 9.98. The predicted molar refractivity (Wildman–Crippen MR) is 121 cm³/mol. The van der Waals surface area contributed by atoms with Crippen LogP contribution in [0.25, 0.3) is 6.08 Å². The van der Waals surface area contributed by atoms with Crippen LogP contribution in [-0.2, 0) is 14.3 Å². The van der Waals surface area contributed by atoms with E-state index in [0.717, 1.165) is 5.56 Å². The van der Waals surface area contributed by atoms with Crippen molar-refractivity contribution in [2.45, 2.75) is 30.7 Å². The first-order valence-electron chi connectivity index (χ1n) is 9.98. The Morgan fingerprint density at radius 1 is 0.971 bits per heavy atom. The maximum Gasteiger partial charge on any atom is 0.340 e. The SMILES string of the molecule is COc1cc(C(=O)O[C@@H]2O[C@H](CO)[C@@H](O)[C@H](O)[C@H]2O)ccc1OC(=O)/C=C/c1ccccc1.O.O. The van der Waals surface area contributed by atoms with Gasteiger partial charge in [0.2, 0.25) is 6.29 Å². The Morgan fingerprint density at radius 2 is 1.66 bits per heavy atom. The minimum Gasteiger partial charge on any atom is -0.493 e. The zero-order valence-corrected chi connectivity index (χ0v) is 18.6. The van der Waals surface area contributed by atoms with E-state index in [1.807, 2.05) is 30.3 Å². The van der Waals surface area contributed by atoms with Gasteiger partial charge in [0.1, 0.15) is 24.4 Å². The third kappa shape index (κ3) is 7.31. The van der Waals surface area contributed by atoms with Crippen LogP contribution in [-0.4, -0.2) is 87.7 Å². The van der Waals surface area contributed by atoms with Crippen LogP contribution in [0.5, 0.6) is 11.5 Å². The number of rotatable bonds is 7. The molecule has 0 saturated carbocycles. The molecule has 2 aromatic rings. The molecule has 5 atom stereocenters. The summed E-state index contributed by atoms with van der Waals surface area (Å²) in [5.41, 5.74) is 0.788. The van der Waals surface area contributed by atoms with Crippen molar-refractivity contribution in [1.29, 1.82) is 0 Å². The second kappa shape index (κ2) is 13.5. The van der Waals surface area contributed by atoms with Gasteiger partial charge in [-0.05, 0) is 29.8 Å². The number of carbonyl (C=O) groups is 2. The molecule has 3 rings (SSSR count). The minimum atomic E-state index is -1.73. The van der Waals surface area contributed by atoms with Gasteiger partial charge < -0.3 is 50.3 Å². The smallest absolute Gasteiger partial charge is 0.340 e. The maximum atomic E-state index is 12.5. The summed E-state index contributed by atoms with van der Waals surface area (Å²) in [5, 5.41) is 38.9. The summed E-state index contributed by atoms with van der Waals surface area (Å²) in [6.07, 6.45) is -5.01. The minimum absolute atomic E-state index is 0. The molecule has 0 radical (unpaired) electrons. The first-order chi connectivity index (χ1) is 15.8. The largest absolute Gasteiger partial charge is 0.493 e. The topological polar surface area (TPSA) is 215 Å². The Bertz CT molecular complexity index is 991. The van der Waals surface area contributed by atoms with Crippen molar-refractivity contribution in [3.63, 3.8) is 0 Å². The van der Waals surface area contributed by atoms with E-state index >= 15 is 0 Å². The molecule has 1 heterocycles. The van der Waals surface area contributed by atoms with Gasteiger partial charge in [-0.1, -0.05) is 30.3 Å². The summed E-state index contributed by atoms with van der Waals surface area (Å²) in [5.74, 6) is -1.47. The summed E-state index contributed by atoms with van der Waals surface area (Å²) < 4.78 is 20.7. The lowest BCUT2D eigenvalue weighted by Crippen LogP contribution is -2.59. The van der Waals surface area contributed by atoms with E-state index in [9.17, 15) is 30.0 Å². The van der Waals surface area contributed by atoms with E-state index in [1.165, 1.54) is 31.4 Å². The van der Waals surface area contributed by atoms with Gasteiger partial charge in [0.25, 0.3) is 0 Å². The Labute approximate surface area is 200 Å². The van der Waals surface area contributed by atoms with Crippen molar-refractivity contribution < 1.29 is 59.9 Å². The molecule has 192 valence electrons. The molecular formula is C23H28O12. The van der Waals surface area contributed by atoms with Crippen LogP contribution in [0, 0.1) is 0 Å². The van der Waals surface area contributed by atoms with Crippen LogP contribution < -0.4 is 9.47 Å². The molecule has 2 aromatic carbocycles. The highest BCUT2D eigenvalue weighted by atomic mass is 16.7. The fourth-order valence-electron chi connectivity index (χ4n) is 3.09. The number of hydrogen-bond donors (Lipinski definition) is 4. The van der Waals surface area contributed by atoms with Crippen LogP contribution in [0.3, 0.4) is 0 Å². The molecule has 0 unspecified atom stereocenters. The average molecular weight is 496 g/mol. The number of aliphatic hydroxyl groups excluding tert-OH is 4. The van der Waals surface area contributed by atoms with Gasteiger partial charge in [0.05, 0.1) is 19.3 Å².